The molecule has 6 heteroatoms. The number of aromatic nitrogens is 1. The fraction of sp³-hybridized carbons (Fsp3) is 0.600. The second-order valence-electron chi connectivity index (χ2n) is 4.84. The third kappa shape index (κ3) is 5.69. The number of methoxy groups -OCH3 is 1. The molecule has 6 nitrogen and oxygen atoms in total. The average molecular weight is 294 g/mol. The number of ether oxygens (including phenoxy) is 1. The molecule has 0 saturated heterocycles. The lowest BCUT2D eigenvalue weighted by atomic mass is 10.2. The van der Waals surface area contributed by atoms with Crippen molar-refractivity contribution in [2.45, 2.75) is 20.4 Å². The van der Waals surface area contributed by atoms with Crippen LogP contribution >= 0.6 is 0 Å². The minimum absolute atomic E-state index is 0.0108. The third-order valence-electron chi connectivity index (χ3n) is 3.21. The molecule has 0 bridgehead atoms. The molecule has 1 heterocycles. The van der Waals surface area contributed by atoms with Gasteiger partial charge >= 0.3 is 0 Å². The lowest BCUT2D eigenvalue weighted by Gasteiger charge is -2.23. The normalized spacial score (nSPS) is 10.5. The minimum Gasteiger partial charge on any atom is -0.383 e. The maximum atomic E-state index is 11.5. The van der Waals surface area contributed by atoms with Gasteiger partial charge in [0.05, 0.1) is 13.2 Å². The molecule has 0 unspecified atom stereocenters. The van der Waals surface area contributed by atoms with Gasteiger partial charge in [0.25, 0.3) is 0 Å². The van der Waals surface area contributed by atoms with Crippen LogP contribution < -0.4 is 15.5 Å². The van der Waals surface area contributed by atoms with Crippen LogP contribution in [-0.4, -0.2) is 51.3 Å². The number of likely N-dealkylation sites (N-methyl/N-ethyl adjacent to an activating group) is 2. The van der Waals surface area contributed by atoms with Gasteiger partial charge in [-0.3, -0.25) is 4.79 Å². The molecule has 118 valence electrons. The molecule has 0 aliphatic heterocycles. The molecule has 1 aromatic rings. The van der Waals surface area contributed by atoms with Gasteiger partial charge in [0.1, 0.15) is 5.82 Å². The maximum Gasteiger partial charge on any atom is 0.239 e. The number of rotatable bonds is 9. The Labute approximate surface area is 126 Å². The zero-order valence-corrected chi connectivity index (χ0v) is 13.4. The molecule has 21 heavy (non-hydrogen) atoms. The first-order valence-corrected chi connectivity index (χ1v) is 7.23. The molecule has 0 radical (unpaired) electrons. The summed E-state index contributed by atoms with van der Waals surface area (Å²) in [4.78, 5) is 18.0. The van der Waals surface area contributed by atoms with Crippen LogP contribution in [0.1, 0.15) is 18.1 Å². The summed E-state index contributed by atoms with van der Waals surface area (Å²) < 4.78 is 4.99. The van der Waals surface area contributed by atoms with Gasteiger partial charge in [-0.25, -0.2) is 4.98 Å². The molecule has 1 rings (SSSR count). The highest BCUT2D eigenvalue weighted by Crippen LogP contribution is 2.17. The van der Waals surface area contributed by atoms with E-state index in [1.807, 2.05) is 24.9 Å². The Morgan fingerprint density at radius 3 is 2.81 bits per heavy atom. The molecule has 0 aliphatic carbocycles. The topological polar surface area (TPSA) is 66.5 Å². The Kier molecular flexibility index (Phi) is 7.71. The molecular formula is C15H26N4O2. The van der Waals surface area contributed by atoms with Gasteiger partial charge in [-0.15, -0.1) is 0 Å². The Balaban J connectivity index is 2.69. The first-order chi connectivity index (χ1) is 10.1. The van der Waals surface area contributed by atoms with Crippen LogP contribution in [0.3, 0.4) is 0 Å². The van der Waals surface area contributed by atoms with Crippen molar-refractivity contribution in [2.75, 3.05) is 45.3 Å². The van der Waals surface area contributed by atoms with Crippen molar-refractivity contribution in [3.8, 4) is 0 Å². The molecule has 0 aromatic carbocycles. The van der Waals surface area contributed by atoms with Crippen molar-refractivity contribution >= 4 is 11.7 Å². The summed E-state index contributed by atoms with van der Waals surface area (Å²) in [5.74, 6) is 0.852. The zero-order chi connectivity index (χ0) is 15.7. The Bertz CT molecular complexity index is 451. The van der Waals surface area contributed by atoms with Gasteiger partial charge in [-0.1, -0.05) is 0 Å². The second-order valence-corrected chi connectivity index (χ2v) is 4.84. The van der Waals surface area contributed by atoms with E-state index in [2.05, 4.69) is 21.7 Å². The van der Waals surface area contributed by atoms with Crippen LogP contribution in [0, 0.1) is 6.92 Å². The highest BCUT2D eigenvalue weighted by molar-refractivity contribution is 5.80. The van der Waals surface area contributed by atoms with E-state index in [9.17, 15) is 4.79 Å². The molecule has 0 spiro atoms. The van der Waals surface area contributed by atoms with Gasteiger partial charge in [-0.05, 0) is 31.0 Å². The first kappa shape index (κ1) is 17.4. The van der Waals surface area contributed by atoms with E-state index < -0.39 is 0 Å². The summed E-state index contributed by atoms with van der Waals surface area (Å²) in [6, 6.07) is 2.11. The highest BCUT2D eigenvalue weighted by atomic mass is 16.5. The Hall–Kier alpha value is -1.66. The van der Waals surface area contributed by atoms with E-state index in [-0.39, 0.29) is 5.91 Å². The maximum absolute atomic E-state index is 11.5. The Morgan fingerprint density at radius 1 is 1.48 bits per heavy atom. The number of pyridine rings is 1. The molecule has 1 amide bonds. The van der Waals surface area contributed by atoms with Crippen LogP contribution in [0.25, 0.3) is 0 Å². The average Bonchev–Trinajstić information content (AvgIpc) is 2.49. The lowest BCUT2D eigenvalue weighted by Crippen LogP contribution is -2.36. The van der Waals surface area contributed by atoms with Crippen LogP contribution in [0.15, 0.2) is 12.3 Å². The smallest absolute Gasteiger partial charge is 0.239 e. The summed E-state index contributed by atoms with van der Waals surface area (Å²) in [6.07, 6.45) is 1.86. The van der Waals surface area contributed by atoms with Gasteiger partial charge in [-0.2, -0.15) is 0 Å². The number of carbonyl (C=O) groups excluding carboxylic acids is 1. The number of amides is 1. The Morgan fingerprint density at radius 2 is 2.24 bits per heavy atom. The zero-order valence-electron chi connectivity index (χ0n) is 13.4. The van der Waals surface area contributed by atoms with Gasteiger partial charge in [0.2, 0.25) is 5.91 Å². The summed E-state index contributed by atoms with van der Waals surface area (Å²) >= 11 is 0. The standard InChI is InChI=1S/C15H26N4O2/c1-5-19(11-14(20)16-3)15-12(2)8-13(10-18-15)9-17-6-7-21-4/h8,10,17H,5-7,9,11H2,1-4H3,(H,16,20). The highest BCUT2D eigenvalue weighted by Gasteiger charge is 2.12. The summed E-state index contributed by atoms with van der Waals surface area (Å²) in [5, 5.41) is 5.93. The van der Waals surface area contributed by atoms with Gasteiger partial charge < -0.3 is 20.3 Å². The SMILES string of the molecule is CCN(CC(=O)NC)c1ncc(CNCCOC)cc1C. The predicted molar refractivity (Wildman–Crippen MR) is 84.5 cm³/mol. The quantitative estimate of drug-likeness (QED) is 0.656. The number of nitrogens with zero attached hydrogens (tertiary/aromatic N) is 2. The van der Waals surface area contributed by atoms with E-state index in [0.29, 0.717) is 13.2 Å². The number of anilines is 1. The molecule has 1 aromatic heterocycles. The third-order valence-corrected chi connectivity index (χ3v) is 3.21. The van der Waals surface area contributed by atoms with Gasteiger partial charge in [0, 0.05) is 40.0 Å². The van der Waals surface area contributed by atoms with Crippen LogP contribution in [-0.2, 0) is 16.1 Å². The largest absolute Gasteiger partial charge is 0.383 e. The van der Waals surface area contributed by atoms with Crippen LogP contribution in [0.5, 0.6) is 0 Å². The van der Waals surface area contributed by atoms with Crippen LogP contribution in [0.2, 0.25) is 0 Å². The van der Waals surface area contributed by atoms with Crippen molar-refractivity contribution < 1.29 is 9.53 Å². The van der Waals surface area contributed by atoms with Crippen molar-refractivity contribution in [2.24, 2.45) is 0 Å². The van der Waals surface area contributed by atoms with Crippen molar-refractivity contribution in [3.05, 3.63) is 23.4 Å². The lowest BCUT2D eigenvalue weighted by molar-refractivity contribution is -0.119. The number of aryl methyl sites for hydroxylation is 1. The minimum atomic E-state index is -0.0108. The van der Waals surface area contributed by atoms with E-state index >= 15 is 0 Å². The molecule has 0 saturated carbocycles. The number of hydrogen-bond donors (Lipinski definition) is 2. The second kappa shape index (κ2) is 9.31. The van der Waals surface area contributed by atoms with Crippen molar-refractivity contribution in [1.82, 2.24) is 15.6 Å². The van der Waals surface area contributed by atoms with Crippen molar-refractivity contribution in [3.63, 3.8) is 0 Å². The molecule has 0 atom stereocenters. The molecule has 0 fully saturated rings. The van der Waals surface area contributed by atoms with Crippen LogP contribution in [0.4, 0.5) is 5.82 Å². The van der Waals surface area contributed by atoms with Crippen molar-refractivity contribution in [1.29, 1.82) is 0 Å². The first-order valence-electron chi connectivity index (χ1n) is 7.23. The summed E-state index contributed by atoms with van der Waals surface area (Å²) in [5.41, 5.74) is 2.20. The number of carbonyl (C=O) groups is 1. The summed E-state index contributed by atoms with van der Waals surface area (Å²) in [6.45, 7) is 7.38. The van der Waals surface area contributed by atoms with E-state index in [4.69, 9.17) is 4.74 Å². The predicted octanol–water partition coefficient (Wildman–Crippen LogP) is 0.698. The summed E-state index contributed by atoms with van der Waals surface area (Å²) in [7, 11) is 3.33. The fourth-order valence-electron chi connectivity index (χ4n) is 2.05. The molecular weight excluding hydrogens is 268 g/mol. The fourth-order valence-corrected chi connectivity index (χ4v) is 2.05. The molecule has 2 N–H and O–H groups in total. The monoisotopic (exact) mass is 294 g/mol. The van der Waals surface area contributed by atoms with E-state index in [1.165, 1.54) is 0 Å². The van der Waals surface area contributed by atoms with E-state index in [0.717, 1.165) is 36.6 Å². The number of hydrogen-bond acceptors (Lipinski definition) is 5. The molecule has 0 aliphatic rings. The van der Waals surface area contributed by atoms with Gasteiger partial charge in [0.15, 0.2) is 0 Å². The number of nitrogens with one attached hydrogen (secondary N) is 2. The van der Waals surface area contributed by atoms with E-state index in [1.54, 1.807) is 14.2 Å².